The molecule has 6 aromatic carbocycles. The van der Waals surface area contributed by atoms with Crippen LogP contribution in [0.15, 0.2) is 146 Å². The Morgan fingerprint density at radius 2 is 0.704 bits per heavy atom. The molecule has 4 saturated heterocycles. The minimum Gasteiger partial charge on any atom is -0.492 e. The summed E-state index contributed by atoms with van der Waals surface area (Å²) in [6, 6.07) is 49.1. The Morgan fingerprint density at radius 3 is 1.01 bits per heavy atom. The van der Waals surface area contributed by atoms with Gasteiger partial charge in [0, 0.05) is 10.8 Å². The zero-order valence-electron chi connectivity index (χ0n) is 41.4. The summed E-state index contributed by atoms with van der Waals surface area (Å²) in [6.07, 6.45) is -0.632. The Kier molecular flexibility index (Phi) is 14.3. The summed E-state index contributed by atoms with van der Waals surface area (Å²) in [5, 5.41) is 12.7. The molecule has 7 atom stereocenters. The van der Waals surface area contributed by atoms with Gasteiger partial charge in [-0.2, -0.15) is 0 Å². The quantitative estimate of drug-likeness (QED) is 0.0522. The van der Waals surface area contributed by atoms with Crippen LogP contribution in [0, 0.1) is 0 Å². The third-order valence-electron chi connectivity index (χ3n) is 14.4. The van der Waals surface area contributed by atoms with Crippen molar-refractivity contribution in [3.63, 3.8) is 0 Å². The summed E-state index contributed by atoms with van der Waals surface area (Å²) in [7, 11) is 0. The molecule has 372 valence electrons. The largest absolute Gasteiger partial charge is 0.492 e. The normalized spacial score (nSPS) is 20.7. The number of ether oxygens (including phenoxy) is 10. The van der Waals surface area contributed by atoms with Crippen LogP contribution in [0.3, 0.4) is 0 Å². The Morgan fingerprint density at radius 1 is 0.423 bits per heavy atom. The van der Waals surface area contributed by atoms with Crippen molar-refractivity contribution < 1.29 is 52.5 Å². The van der Waals surface area contributed by atoms with E-state index in [9.17, 15) is 5.11 Å². The van der Waals surface area contributed by atoms with E-state index in [-0.39, 0.29) is 41.9 Å². The van der Waals surface area contributed by atoms with E-state index in [1.165, 1.54) is 0 Å². The number of epoxide rings is 4. The molecule has 4 aliphatic rings. The van der Waals surface area contributed by atoms with Gasteiger partial charge < -0.3 is 52.5 Å². The van der Waals surface area contributed by atoms with E-state index in [0.717, 1.165) is 63.8 Å². The maximum absolute atomic E-state index is 12.7. The number of hydrogen-bond donors (Lipinski definition) is 1. The number of hydrogen-bond acceptors (Lipinski definition) is 11. The summed E-state index contributed by atoms with van der Waals surface area (Å²) in [6.45, 7) is 16.0. The van der Waals surface area contributed by atoms with Crippen molar-refractivity contribution in [3.8, 4) is 34.5 Å². The minimum absolute atomic E-state index is 0.0780. The van der Waals surface area contributed by atoms with E-state index < -0.39 is 17.6 Å². The van der Waals surface area contributed by atoms with Crippen LogP contribution in [0.2, 0.25) is 0 Å². The lowest BCUT2D eigenvalue weighted by Crippen LogP contribution is -2.51. The molecule has 0 aliphatic carbocycles. The molecule has 4 fully saturated rings. The standard InChI is InChI=1S/C60H66O11/c1-6-56(61)60(45-17-27-49(28-18-45)65-34-55-38-69-55,39-70-50-25-13-43(14-26-50)58(2,3)41-9-21-47(22-10-41)63-32-53-36-67-53)57(40-7-19-46(20-8-40)62-31-52-35-66-52)71-51-29-15-44(16-30-51)59(4,5)42-11-23-48(24-12-42)64-33-54-37-68-54/h7-30,52-57,61H,6,31-39H2,1-5H3. The predicted octanol–water partition coefficient (Wildman–Crippen LogP) is 10.4. The van der Waals surface area contributed by atoms with E-state index >= 15 is 0 Å². The second-order valence-corrected chi connectivity index (χ2v) is 20.3. The second kappa shape index (κ2) is 20.9. The monoisotopic (exact) mass is 962 g/mol. The molecule has 4 heterocycles. The van der Waals surface area contributed by atoms with E-state index in [2.05, 4.69) is 76.2 Å². The molecule has 6 aromatic rings. The Hall–Kier alpha value is -6.08. The van der Waals surface area contributed by atoms with Gasteiger partial charge in [-0.3, -0.25) is 0 Å². The number of rotatable bonds is 26. The van der Waals surface area contributed by atoms with Gasteiger partial charge >= 0.3 is 0 Å². The highest BCUT2D eigenvalue weighted by atomic mass is 16.6. The fourth-order valence-corrected chi connectivity index (χ4v) is 9.15. The molecule has 11 heteroatoms. The average molecular weight is 963 g/mol. The first-order valence-electron chi connectivity index (χ1n) is 25.0. The molecule has 11 nitrogen and oxygen atoms in total. The SMILES string of the molecule is CCC(O)C(COc1ccc(C(C)(C)c2ccc(OCC3CO3)cc2)cc1)(c1ccc(OCC2CO2)cc1)C(Oc1ccc(C(C)(C)c2ccc(OCC3CO3)cc2)cc1)c1ccc(OCC2CO2)cc1. The maximum atomic E-state index is 12.7. The van der Waals surface area contributed by atoms with Gasteiger partial charge in [-0.05, 0) is 113 Å². The summed E-state index contributed by atoms with van der Waals surface area (Å²) in [4.78, 5) is 0. The highest BCUT2D eigenvalue weighted by Gasteiger charge is 2.50. The molecule has 0 bridgehead atoms. The molecular weight excluding hydrogens is 897 g/mol. The van der Waals surface area contributed by atoms with Crippen molar-refractivity contribution in [2.24, 2.45) is 0 Å². The molecule has 1 N–H and O–H groups in total. The van der Waals surface area contributed by atoms with Crippen molar-refractivity contribution in [2.45, 2.75) is 93.9 Å². The maximum Gasteiger partial charge on any atom is 0.139 e. The fourth-order valence-electron chi connectivity index (χ4n) is 9.15. The first-order valence-corrected chi connectivity index (χ1v) is 25.0. The summed E-state index contributed by atoms with van der Waals surface area (Å²) < 4.78 is 59.7. The minimum atomic E-state index is -1.15. The topological polar surface area (TPSA) is 126 Å². The van der Waals surface area contributed by atoms with Crippen molar-refractivity contribution in [1.29, 1.82) is 0 Å². The Balaban J connectivity index is 0.962. The van der Waals surface area contributed by atoms with Crippen molar-refractivity contribution in [2.75, 3.05) is 59.5 Å². The predicted molar refractivity (Wildman–Crippen MR) is 271 cm³/mol. The van der Waals surface area contributed by atoms with E-state index in [0.29, 0.717) is 63.3 Å². The van der Waals surface area contributed by atoms with Gasteiger partial charge in [0.25, 0.3) is 0 Å². The van der Waals surface area contributed by atoms with Crippen LogP contribution in [-0.4, -0.2) is 95.1 Å². The molecule has 10 rings (SSSR count). The third-order valence-corrected chi connectivity index (χ3v) is 14.4. The van der Waals surface area contributed by atoms with Crippen LogP contribution in [-0.2, 0) is 35.2 Å². The lowest BCUT2D eigenvalue weighted by atomic mass is 9.68. The fraction of sp³-hybridized carbons (Fsp3) is 0.400. The van der Waals surface area contributed by atoms with Gasteiger partial charge in [0.1, 0.15) is 98.1 Å². The molecule has 7 unspecified atom stereocenters. The number of aliphatic hydroxyl groups is 1. The van der Waals surface area contributed by atoms with E-state index in [1.807, 2.05) is 104 Å². The van der Waals surface area contributed by atoms with Gasteiger partial charge in [0.05, 0.1) is 37.9 Å². The Labute approximate surface area is 417 Å². The van der Waals surface area contributed by atoms with Gasteiger partial charge in [-0.25, -0.2) is 0 Å². The van der Waals surface area contributed by atoms with Gasteiger partial charge in [0.2, 0.25) is 0 Å². The van der Waals surface area contributed by atoms with Crippen LogP contribution in [0.25, 0.3) is 0 Å². The average Bonchev–Trinajstić information content (AvgIpc) is 4.15. The zero-order valence-corrected chi connectivity index (χ0v) is 41.4. The number of benzene rings is 6. The third kappa shape index (κ3) is 11.8. The van der Waals surface area contributed by atoms with Gasteiger partial charge in [-0.15, -0.1) is 0 Å². The van der Waals surface area contributed by atoms with Gasteiger partial charge in [0.15, 0.2) is 0 Å². The molecule has 0 saturated carbocycles. The lowest BCUT2D eigenvalue weighted by Gasteiger charge is -2.44. The van der Waals surface area contributed by atoms with Crippen LogP contribution < -0.4 is 28.4 Å². The Bertz CT molecular complexity index is 2630. The molecule has 0 amide bonds. The summed E-state index contributed by atoms with van der Waals surface area (Å²) >= 11 is 0. The van der Waals surface area contributed by atoms with Crippen LogP contribution in [0.5, 0.6) is 34.5 Å². The highest BCUT2D eigenvalue weighted by molar-refractivity contribution is 5.46. The van der Waals surface area contributed by atoms with Crippen molar-refractivity contribution in [3.05, 3.63) is 179 Å². The first kappa shape index (κ1) is 48.5. The van der Waals surface area contributed by atoms with Crippen molar-refractivity contribution >= 4 is 0 Å². The molecule has 71 heavy (non-hydrogen) atoms. The lowest BCUT2D eigenvalue weighted by molar-refractivity contribution is -0.0327. The van der Waals surface area contributed by atoms with Crippen molar-refractivity contribution in [1.82, 2.24) is 0 Å². The molecule has 4 aliphatic heterocycles. The van der Waals surface area contributed by atoms with E-state index in [4.69, 9.17) is 47.4 Å². The highest BCUT2D eigenvalue weighted by Crippen LogP contribution is 2.47. The summed E-state index contributed by atoms with van der Waals surface area (Å²) in [5.41, 5.74) is 4.47. The second-order valence-electron chi connectivity index (χ2n) is 20.3. The number of aliphatic hydroxyl groups excluding tert-OH is 1. The van der Waals surface area contributed by atoms with Crippen LogP contribution >= 0.6 is 0 Å². The smallest absolute Gasteiger partial charge is 0.139 e. The van der Waals surface area contributed by atoms with Gasteiger partial charge in [-0.1, -0.05) is 107 Å². The van der Waals surface area contributed by atoms with E-state index in [1.54, 1.807) is 0 Å². The molecular formula is C60H66O11. The van der Waals surface area contributed by atoms with Crippen LogP contribution in [0.1, 0.15) is 80.5 Å². The molecule has 0 aromatic heterocycles. The zero-order chi connectivity index (χ0) is 49.0. The summed E-state index contributed by atoms with van der Waals surface area (Å²) in [5.74, 6) is 4.41. The van der Waals surface area contributed by atoms with Crippen LogP contribution in [0.4, 0.5) is 0 Å². The first-order chi connectivity index (χ1) is 34.5. The molecule has 0 radical (unpaired) electrons. The molecule has 0 spiro atoms.